The van der Waals surface area contributed by atoms with Gasteiger partial charge in [-0.25, -0.2) is 0 Å². The molecule has 1 aromatic rings. The van der Waals surface area contributed by atoms with Crippen molar-refractivity contribution in [2.45, 2.75) is 76.2 Å². The fourth-order valence-corrected chi connectivity index (χ4v) is 7.91. The van der Waals surface area contributed by atoms with Gasteiger partial charge in [-0.3, -0.25) is 14.4 Å². The van der Waals surface area contributed by atoms with E-state index in [2.05, 4.69) is 29.4 Å². The van der Waals surface area contributed by atoms with Gasteiger partial charge in [0.05, 0.1) is 17.9 Å². The molecule has 2 bridgehead atoms. The maximum Gasteiger partial charge on any atom is 0.246 e. The molecule has 5 aliphatic rings. The van der Waals surface area contributed by atoms with Crippen molar-refractivity contribution in [1.82, 2.24) is 15.1 Å². The zero-order valence-electron chi connectivity index (χ0n) is 23.5. The fraction of sp³-hybridized carbons (Fsp3) is 0.645. The molecule has 1 aromatic carbocycles. The number of hydrogen-bond donors (Lipinski definition) is 2. The number of ether oxygens (including phenoxy) is 1. The highest BCUT2D eigenvalue weighted by molar-refractivity contribution is 6.30. The average molecular weight is 569 g/mol. The third-order valence-corrected chi connectivity index (χ3v) is 10.4. The van der Waals surface area contributed by atoms with E-state index in [0.29, 0.717) is 29.1 Å². The van der Waals surface area contributed by atoms with Gasteiger partial charge in [-0.2, -0.15) is 0 Å². The van der Waals surface area contributed by atoms with E-state index in [4.69, 9.17) is 16.3 Å². The smallest absolute Gasteiger partial charge is 0.246 e. The molecule has 40 heavy (non-hydrogen) atoms. The number of carbonyl (C=O) groups excluding carboxylic acids is 3. The first-order valence-electron chi connectivity index (χ1n) is 15.1. The van der Waals surface area contributed by atoms with Gasteiger partial charge in [0.15, 0.2) is 0 Å². The standard InChI is InChI=1S/C31H41ClN4O4/c1-19-7-5-8-23(20(19)2)34-29(38)27-31-14-13-24(40-31)25(28(37)33-22-11-9-21(32)10-12-22)26(31)30(39)36(27)18-6-17-35-15-3-4-16-35/h9-14,19-20,23-27H,3-8,15-18H2,1-2H3,(H,33,37)(H,34,38)/t19-,20+,23+,24-,25+,26-,27+,31+/m1/s1. The lowest BCUT2D eigenvalue weighted by Crippen LogP contribution is -2.58. The largest absolute Gasteiger partial charge is 0.359 e. The Morgan fingerprint density at radius 2 is 1.80 bits per heavy atom. The summed E-state index contributed by atoms with van der Waals surface area (Å²) in [5, 5.41) is 6.86. The van der Waals surface area contributed by atoms with Gasteiger partial charge in [-0.05, 0) is 81.4 Å². The molecule has 6 rings (SSSR count). The van der Waals surface area contributed by atoms with E-state index in [1.54, 1.807) is 29.2 Å². The summed E-state index contributed by atoms with van der Waals surface area (Å²) >= 11 is 6.02. The van der Waals surface area contributed by atoms with Crippen LogP contribution in [0.3, 0.4) is 0 Å². The number of benzene rings is 1. The lowest BCUT2D eigenvalue weighted by Gasteiger charge is -2.38. The number of hydrogen-bond acceptors (Lipinski definition) is 5. The van der Waals surface area contributed by atoms with E-state index in [0.717, 1.165) is 38.9 Å². The van der Waals surface area contributed by atoms with Crippen molar-refractivity contribution in [2.24, 2.45) is 23.7 Å². The topological polar surface area (TPSA) is 91.0 Å². The molecule has 4 heterocycles. The molecule has 8 nitrogen and oxygen atoms in total. The molecule has 2 N–H and O–H groups in total. The van der Waals surface area contributed by atoms with E-state index >= 15 is 0 Å². The van der Waals surface area contributed by atoms with Gasteiger partial charge in [-0.1, -0.05) is 50.4 Å². The molecule has 9 heteroatoms. The summed E-state index contributed by atoms with van der Waals surface area (Å²) in [6, 6.07) is 6.19. The predicted octanol–water partition coefficient (Wildman–Crippen LogP) is 3.86. The lowest BCUT2D eigenvalue weighted by atomic mass is 9.73. The van der Waals surface area contributed by atoms with Crippen LogP contribution in [0.4, 0.5) is 5.69 Å². The Bertz CT molecular complexity index is 1170. The fourth-order valence-electron chi connectivity index (χ4n) is 7.78. The number of fused-ring (bicyclic) bond motifs is 1. The van der Waals surface area contributed by atoms with Gasteiger partial charge in [0.2, 0.25) is 17.7 Å². The zero-order valence-corrected chi connectivity index (χ0v) is 24.2. The van der Waals surface area contributed by atoms with E-state index in [1.165, 1.54) is 19.3 Å². The van der Waals surface area contributed by atoms with E-state index in [-0.39, 0.29) is 23.8 Å². The average Bonchev–Trinajstić information content (AvgIpc) is 3.71. The maximum atomic E-state index is 14.2. The van der Waals surface area contributed by atoms with Crippen LogP contribution in [-0.2, 0) is 19.1 Å². The van der Waals surface area contributed by atoms with Crippen LogP contribution in [0.1, 0.15) is 52.4 Å². The van der Waals surface area contributed by atoms with Crippen LogP contribution in [0.15, 0.2) is 36.4 Å². The van der Waals surface area contributed by atoms with E-state index in [9.17, 15) is 14.4 Å². The molecule has 0 radical (unpaired) electrons. The molecule has 4 aliphatic heterocycles. The van der Waals surface area contributed by atoms with Crippen LogP contribution in [0.25, 0.3) is 0 Å². The van der Waals surface area contributed by atoms with Gasteiger partial charge < -0.3 is 25.2 Å². The Balaban J connectivity index is 1.25. The van der Waals surface area contributed by atoms with Crippen LogP contribution in [0.5, 0.6) is 0 Å². The van der Waals surface area contributed by atoms with Gasteiger partial charge in [0, 0.05) is 23.3 Å². The van der Waals surface area contributed by atoms with Crippen LogP contribution in [0, 0.1) is 23.7 Å². The number of anilines is 1. The normalized spacial score (nSPS) is 36.7. The molecule has 3 amide bonds. The summed E-state index contributed by atoms with van der Waals surface area (Å²) < 4.78 is 6.50. The maximum absolute atomic E-state index is 14.2. The summed E-state index contributed by atoms with van der Waals surface area (Å²) in [5.74, 6) is -1.14. The SMILES string of the molecule is C[C@H]1[C@H](C)CCC[C@@H]1NC(=O)[C@@H]1N(CCCN2CCCC2)C(=O)[C@H]2[C@@H](C(=O)Nc3ccc(Cl)cc3)[C@H]3C=C[C@@]12O3. The Labute approximate surface area is 241 Å². The number of carbonyl (C=O) groups is 3. The molecule has 216 valence electrons. The number of nitrogens with zero attached hydrogens (tertiary/aromatic N) is 2. The van der Waals surface area contributed by atoms with Crippen molar-refractivity contribution < 1.29 is 19.1 Å². The van der Waals surface area contributed by atoms with Crippen molar-refractivity contribution in [3.8, 4) is 0 Å². The molecule has 1 saturated carbocycles. The van der Waals surface area contributed by atoms with Crippen molar-refractivity contribution in [3.63, 3.8) is 0 Å². The molecule has 3 saturated heterocycles. The lowest BCUT2D eigenvalue weighted by molar-refractivity contribution is -0.141. The predicted molar refractivity (Wildman–Crippen MR) is 154 cm³/mol. The van der Waals surface area contributed by atoms with Crippen LogP contribution >= 0.6 is 11.6 Å². The second-order valence-corrected chi connectivity index (χ2v) is 13.0. The minimum Gasteiger partial charge on any atom is -0.359 e. The Morgan fingerprint density at radius 3 is 2.55 bits per heavy atom. The third-order valence-electron chi connectivity index (χ3n) is 10.1. The number of amides is 3. The van der Waals surface area contributed by atoms with Crippen molar-refractivity contribution >= 4 is 35.0 Å². The minimum atomic E-state index is -1.13. The Morgan fingerprint density at radius 1 is 1.05 bits per heavy atom. The molecular formula is C31H41ClN4O4. The third kappa shape index (κ3) is 4.86. The first-order valence-corrected chi connectivity index (χ1v) is 15.4. The second kappa shape index (κ2) is 11.1. The summed E-state index contributed by atoms with van der Waals surface area (Å²) in [7, 11) is 0. The molecule has 4 fully saturated rings. The van der Waals surface area contributed by atoms with Gasteiger partial charge >= 0.3 is 0 Å². The highest BCUT2D eigenvalue weighted by Gasteiger charge is 2.72. The molecule has 0 unspecified atom stereocenters. The Kier molecular flexibility index (Phi) is 7.70. The number of nitrogens with one attached hydrogen (secondary N) is 2. The van der Waals surface area contributed by atoms with Crippen LogP contribution < -0.4 is 10.6 Å². The highest BCUT2D eigenvalue weighted by Crippen LogP contribution is 2.55. The van der Waals surface area contributed by atoms with Crippen LogP contribution in [-0.4, -0.2) is 77.5 Å². The van der Waals surface area contributed by atoms with Gasteiger partial charge in [-0.15, -0.1) is 0 Å². The summed E-state index contributed by atoms with van der Waals surface area (Å²) in [6.07, 6.45) is 9.61. The zero-order chi connectivity index (χ0) is 28.0. The van der Waals surface area contributed by atoms with Crippen LogP contribution in [0.2, 0.25) is 5.02 Å². The number of halogens is 1. The van der Waals surface area contributed by atoms with Gasteiger partial charge in [0.1, 0.15) is 11.6 Å². The molecule has 0 aromatic heterocycles. The summed E-state index contributed by atoms with van der Waals surface area (Å²) in [5.41, 5.74) is -0.525. The monoisotopic (exact) mass is 568 g/mol. The minimum absolute atomic E-state index is 0.0693. The Hall–Kier alpha value is -2.42. The second-order valence-electron chi connectivity index (χ2n) is 12.5. The van der Waals surface area contributed by atoms with E-state index < -0.39 is 29.6 Å². The first kappa shape index (κ1) is 27.7. The molecule has 8 atom stereocenters. The molecule has 1 aliphatic carbocycles. The molecular weight excluding hydrogens is 528 g/mol. The van der Waals surface area contributed by atoms with Gasteiger partial charge in [0.25, 0.3) is 0 Å². The van der Waals surface area contributed by atoms with Crippen molar-refractivity contribution in [1.29, 1.82) is 0 Å². The molecule has 1 spiro atoms. The highest BCUT2D eigenvalue weighted by atomic mass is 35.5. The van der Waals surface area contributed by atoms with Crippen molar-refractivity contribution in [3.05, 3.63) is 41.4 Å². The number of likely N-dealkylation sites (tertiary alicyclic amines) is 2. The summed E-state index contributed by atoms with van der Waals surface area (Å²) in [6.45, 7) is 7.99. The summed E-state index contributed by atoms with van der Waals surface area (Å²) in [4.78, 5) is 46.0. The quantitative estimate of drug-likeness (QED) is 0.465. The van der Waals surface area contributed by atoms with E-state index in [1.807, 2.05) is 12.2 Å². The van der Waals surface area contributed by atoms with Crippen molar-refractivity contribution in [2.75, 3.05) is 31.5 Å². The first-order chi connectivity index (χ1) is 19.3. The number of rotatable bonds is 8.